The van der Waals surface area contributed by atoms with Gasteiger partial charge >= 0.3 is 41.2 Å². The number of carbonyl (C=O) groups is 2. The molecule has 23 heavy (non-hydrogen) atoms. The summed E-state index contributed by atoms with van der Waals surface area (Å²) in [5, 5.41) is 9.90. The van der Waals surface area contributed by atoms with Gasteiger partial charge in [0, 0.05) is 25.1 Å². The molecular formula is C13H17N2NaO7. The Balaban J connectivity index is 0.00000264. The van der Waals surface area contributed by atoms with E-state index in [1.165, 1.54) is 13.1 Å². The Kier molecular flexibility index (Phi) is 6.90. The van der Waals surface area contributed by atoms with E-state index in [2.05, 4.69) is 4.98 Å². The SMILES string of the molecule is CC(=O)C(=O)OC[C@H]1O[C@@H](n2cc(C)c(=O)[nH]c2=O)CC1O.[NaH]. The summed E-state index contributed by atoms with van der Waals surface area (Å²) < 4.78 is 11.3. The van der Waals surface area contributed by atoms with E-state index in [1.807, 2.05) is 0 Å². The number of ketones is 1. The van der Waals surface area contributed by atoms with Crippen molar-refractivity contribution in [3.05, 3.63) is 32.6 Å². The molecule has 1 aromatic rings. The summed E-state index contributed by atoms with van der Waals surface area (Å²) in [4.78, 5) is 47.1. The van der Waals surface area contributed by atoms with Crippen LogP contribution in [0.2, 0.25) is 0 Å². The number of nitrogens with one attached hydrogen (secondary N) is 1. The van der Waals surface area contributed by atoms with Crippen molar-refractivity contribution in [1.29, 1.82) is 0 Å². The second kappa shape index (κ2) is 8.02. The summed E-state index contributed by atoms with van der Waals surface area (Å²) in [6.07, 6.45) is -1.19. The van der Waals surface area contributed by atoms with E-state index in [-0.39, 0.29) is 42.6 Å². The van der Waals surface area contributed by atoms with E-state index in [0.29, 0.717) is 5.56 Å². The number of hydrogen-bond donors (Lipinski definition) is 2. The topological polar surface area (TPSA) is 128 Å². The van der Waals surface area contributed by atoms with Crippen LogP contribution in [0.15, 0.2) is 15.8 Å². The Morgan fingerprint density at radius 1 is 1.48 bits per heavy atom. The number of nitrogens with zero attached hydrogens (tertiary/aromatic N) is 1. The molecule has 9 nitrogen and oxygen atoms in total. The first-order valence-electron chi connectivity index (χ1n) is 6.63. The summed E-state index contributed by atoms with van der Waals surface area (Å²) >= 11 is 0. The molecule has 1 aliphatic heterocycles. The van der Waals surface area contributed by atoms with Crippen LogP contribution in [0.3, 0.4) is 0 Å². The van der Waals surface area contributed by atoms with E-state index in [9.17, 15) is 24.3 Å². The number of hydrogen-bond acceptors (Lipinski definition) is 7. The van der Waals surface area contributed by atoms with Crippen LogP contribution in [0, 0.1) is 6.92 Å². The fourth-order valence-electron chi connectivity index (χ4n) is 2.10. The second-order valence-electron chi connectivity index (χ2n) is 5.07. The summed E-state index contributed by atoms with van der Waals surface area (Å²) in [6, 6.07) is 0. The second-order valence-corrected chi connectivity index (χ2v) is 5.07. The van der Waals surface area contributed by atoms with Gasteiger partial charge in [0.1, 0.15) is 18.9 Å². The number of aromatic amines is 1. The first kappa shape index (κ1) is 19.8. The van der Waals surface area contributed by atoms with Gasteiger partial charge in [0.2, 0.25) is 5.78 Å². The number of esters is 1. The van der Waals surface area contributed by atoms with Gasteiger partial charge in [-0.25, -0.2) is 9.59 Å². The number of aliphatic hydroxyl groups excluding tert-OH is 1. The Hall–Kier alpha value is -1.26. The molecule has 0 radical (unpaired) electrons. The number of aliphatic hydroxyl groups is 1. The van der Waals surface area contributed by atoms with Crippen LogP contribution >= 0.6 is 0 Å². The quantitative estimate of drug-likeness (QED) is 0.369. The van der Waals surface area contributed by atoms with Crippen LogP contribution in [0.4, 0.5) is 0 Å². The van der Waals surface area contributed by atoms with Crippen molar-refractivity contribution in [2.45, 2.75) is 38.7 Å². The Bertz CT molecular complexity index is 711. The molecule has 1 unspecified atom stereocenters. The van der Waals surface area contributed by atoms with E-state index in [4.69, 9.17) is 9.47 Å². The van der Waals surface area contributed by atoms with E-state index in [1.54, 1.807) is 0 Å². The predicted octanol–water partition coefficient (Wildman–Crippen LogP) is -2.02. The molecule has 0 aliphatic carbocycles. The molecule has 2 rings (SSSR count). The molecule has 1 aliphatic rings. The van der Waals surface area contributed by atoms with Crippen LogP contribution in [0.25, 0.3) is 0 Å². The van der Waals surface area contributed by atoms with Crippen LogP contribution in [-0.2, 0) is 19.1 Å². The number of H-pyrrole nitrogens is 1. The molecule has 122 valence electrons. The zero-order valence-electron chi connectivity index (χ0n) is 12.1. The molecule has 10 heteroatoms. The van der Waals surface area contributed by atoms with Crippen molar-refractivity contribution in [3.63, 3.8) is 0 Å². The van der Waals surface area contributed by atoms with Crippen molar-refractivity contribution in [2.24, 2.45) is 0 Å². The van der Waals surface area contributed by atoms with Gasteiger partial charge in [0.25, 0.3) is 5.56 Å². The normalized spacial score (nSPS) is 23.2. The van der Waals surface area contributed by atoms with E-state index in [0.717, 1.165) is 11.5 Å². The first-order chi connectivity index (χ1) is 10.3. The molecule has 1 aromatic heterocycles. The van der Waals surface area contributed by atoms with Gasteiger partial charge in [0.15, 0.2) is 0 Å². The summed E-state index contributed by atoms with van der Waals surface area (Å²) in [6.45, 7) is 2.30. The van der Waals surface area contributed by atoms with Gasteiger partial charge in [-0.2, -0.15) is 0 Å². The van der Waals surface area contributed by atoms with E-state index >= 15 is 0 Å². The number of carbonyl (C=O) groups excluding carboxylic acids is 2. The Labute approximate surface area is 152 Å². The predicted molar refractivity (Wildman–Crippen MR) is 79.4 cm³/mol. The summed E-state index contributed by atoms with van der Waals surface area (Å²) in [5.74, 6) is -1.77. The molecular weight excluding hydrogens is 319 g/mol. The number of Topliss-reactive ketones (excluding diaryl/α,β-unsaturated/α-hetero) is 1. The molecule has 2 N–H and O–H groups in total. The van der Waals surface area contributed by atoms with Gasteiger partial charge in [-0.1, -0.05) is 0 Å². The van der Waals surface area contributed by atoms with E-state index < -0.39 is 41.4 Å². The minimum absolute atomic E-state index is 0. The first-order valence-corrected chi connectivity index (χ1v) is 6.63. The van der Waals surface area contributed by atoms with Gasteiger partial charge < -0.3 is 14.6 Å². The molecule has 0 bridgehead atoms. The average molecular weight is 336 g/mol. The minimum atomic E-state index is -1.02. The van der Waals surface area contributed by atoms with Crippen molar-refractivity contribution in [2.75, 3.05) is 6.61 Å². The molecule has 3 atom stereocenters. The van der Waals surface area contributed by atoms with Gasteiger partial charge in [-0.05, 0) is 6.92 Å². The third-order valence-electron chi connectivity index (χ3n) is 3.33. The molecule has 1 saturated heterocycles. The zero-order chi connectivity index (χ0) is 16.4. The van der Waals surface area contributed by atoms with Gasteiger partial charge in [-0.3, -0.25) is 19.1 Å². The molecule has 0 spiro atoms. The maximum atomic E-state index is 11.8. The average Bonchev–Trinajstić information content (AvgIpc) is 2.81. The van der Waals surface area contributed by atoms with Crippen LogP contribution in [-0.4, -0.2) is 74.8 Å². The van der Waals surface area contributed by atoms with Crippen LogP contribution in [0.1, 0.15) is 25.1 Å². The number of aromatic nitrogens is 2. The third kappa shape index (κ3) is 4.61. The van der Waals surface area contributed by atoms with Crippen molar-refractivity contribution in [3.8, 4) is 0 Å². The fraction of sp³-hybridized carbons (Fsp3) is 0.538. The van der Waals surface area contributed by atoms with Crippen LogP contribution in [0.5, 0.6) is 0 Å². The molecule has 1 fully saturated rings. The number of aryl methyl sites for hydroxylation is 1. The molecule has 0 saturated carbocycles. The third-order valence-corrected chi connectivity index (χ3v) is 3.33. The standard InChI is InChI=1S/C13H16N2O7.Na.H/c1-6-4-15(13(20)14-11(6)18)10-3-8(17)9(22-10)5-21-12(19)7(2)16;;/h4,8-10,17H,3,5H2,1-2H3,(H,14,18,20);;/t8?,9-,10-;;/m1../s1. The maximum absolute atomic E-state index is 11.8. The van der Waals surface area contributed by atoms with Crippen molar-refractivity contribution < 1.29 is 24.2 Å². The van der Waals surface area contributed by atoms with Crippen LogP contribution < -0.4 is 11.2 Å². The van der Waals surface area contributed by atoms with Gasteiger partial charge in [0.05, 0.1) is 6.10 Å². The fourth-order valence-corrected chi connectivity index (χ4v) is 2.10. The molecule has 2 heterocycles. The van der Waals surface area contributed by atoms with Crippen molar-refractivity contribution >= 4 is 41.3 Å². The Morgan fingerprint density at radius 2 is 2.13 bits per heavy atom. The summed E-state index contributed by atoms with van der Waals surface area (Å²) in [5.41, 5.74) is -0.829. The zero-order valence-corrected chi connectivity index (χ0v) is 12.1. The Morgan fingerprint density at radius 3 is 2.74 bits per heavy atom. The molecule has 0 amide bonds. The summed E-state index contributed by atoms with van der Waals surface area (Å²) in [7, 11) is 0. The van der Waals surface area contributed by atoms with Crippen molar-refractivity contribution in [1.82, 2.24) is 9.55 Å². The number of rotatable bonds is 4. The van der Waals surface area contributed by atoms with Gasteiger partial charge in [-0.15, -0.1) is 0 Å². The molecule has 0 aromatic carbocycles. The number of ether oxygens (including phenoxy) is 2. The monoisotopic (exact) mass is 336 g/mol.